The van der Waals surface area contributed by atoms with E-state index in [9.17, 15) is 4.79 Å². The van der Waals surface area contributed by atoms with Crippen molar-refractivity contribution in [1.82, 2.24) is 9.55 Å². The molecule has 5 heteroatoms. The Morgan fingerprint density at radius 3 is 2.76 bits per heavy atom. The molecule has 0 bridgehead atoms. The Balaban J connectivity index is 1.70. The number of carbonyl (C=O) groups is 1. The van der Waals surface area contributed by atoms with E-state index in [4.69, 9.17) is 9.15 Å². The van der Waals surface area contributed by atoms with E-state index in [0.717, 1.165) is 22.2 Å². The Hall–Kier alpha value is -3.34. The van der Waals surface area contributed by atoms with Crippen LogP contribution >= 0.6 is 0 Å². The molecular weight excluding hydrogens is 316 g/mol. The van der Waals surface area contributed by atoms with Crippen molar-refractivity contribution in [2.75, 3.05) is 7.11 Å². The van der Waals surface area contributed by atoms with Crippen molar-refractivity contribution in [3.05, 3.63) is 78.3 Å². The number of hydrogen-bond acceptors (Lipinski definition) is 4. The highest BCUT2D eigenvalue weighted by atomic mass is 16.5. The van der Waals surface area contributed by atoms with Crippen molar-refractivity contribution < 1.29 is 13.9 Å². The van der Waals surface area contributed by atoms with Gasteiger partial charge in [0.2, 0.25) is 5.89 Å². The number of fused-ring (bicyclic) bond motifs is 1. The third-order valence-corrected chi connectivity index (χ3v) is 4.10. The molecule has 5 nitrogen and oxygen atoms in total. The van der Waals surface area contributed by atoms with Crippen molar-refractivity contribution in [2.45, 2.75) is 6.54 Å². The van der Waals surface area contributed by atoms with Gasteiger partial charge in [-0.05, 0) is 24.3 Å². The van der Waals surface area contributed by atoms with E-state index in [0.29, 0.717) is 18.0 Å². The molecule has 0 atom stereocenters. The van der Waals surface area contributed by atoms with Gasteiger partial charge in [-0.3, -0.25) is 0 Å². The quantitative estimate of drug-likeness (QED) is 0.527. The van der Waals surface area contributed by atoms with Gasteiger partial charge in [-0.25, -0.2) is 9.78 Å². The average Bonchev–Trinajstić information content (AvgIpc) is 3.29. The van der Waals surface area contributed by atoms with Gasteiger partial charge in [-0.15, -0.1) is 0 Å². The first-order valence-corrected chi connectivity index (χ1v) is 7.92. The Kier molecular flexibility index (Phi) is 3.82. The van der Waals surface area contributed by atoms with Crippen molar-refractivity contribution in [2.24, 2.45) is 0 Å². The van der Waals surface area contributed by atoms with E-state index in [1.165, 1.54) is 7.11 Å². The average molecular weight is 332 g/mol. The molecule has 0 unspecified atom stereocenters. The van der Waals surface area contributed by atoms with Crippen LogP contribution in [0.2, 0.25) is 0 Å². The first-order valence-electron chi connectivity index (χ1n) is 7.92. The standard InChI is InChI=1S/C20H16N2O3/c1-24-20(23)17-9-5-8-14-10-11-22(18(14)17)12-16-13-25-19(21-16)15-6-3-2-4-7-15/h2-11,13H,12H2,1H3. The number of hydrogen-bond donors (Lipinski definition) is 0. The number of rotatable bonds is 4. The molecule has 2 aromatic carbocycles. The maximum atomic E-state index is 12.0. The maximum absolute atomic E-state index is 12.0. The van der Waals surface area contributed by atoms with E-state index in [2.05, 4.69) is 4.98 Å². The maximum Gasteiger partial charge on any atom is 0.340 e. The monoisotopic (exact) mass is 332 g/mol. The lowest BCUT2D eigenvalue weighted by Gasteiger charge is -2.07. The topological polar surface area (TPSA) is 57.3 Å². The highest BCUT2D eigenvalue weighted by Crippen LogP contribution is 2.23. The minimum Gasteiger partial charge on any atom is -0.465 e. The number of aromatic nitrogens is 2. The third-order valence-electron chi connectivity index (χ3n) is 4.10. The molecule has 2 heterocycles. The fraction of sp³-hybridized carbons (Fsp3) is 0.100. The molecule has 0 aliphatic rings. The summed E-state index contributed by atoms with van der Waals surface area (Å²) in [7, 11) is 1.39. The van der Waals surface area contributed by atoms with E-state index < -0.39 is 0 Å². The van der Waals surface area contributed by atoms with Gasteiger partial charge >= 0.3 is 5.97 Å². The lowest BCUT2D eigenvalue weighted by Crippen LogP contribution is -2.06. The number of esters is 1. The fourth-order valence-electron chi connectivity index (χ4n) is 2.94. The van der Waals surface area contributed by atoms with Crippen molar-refractivity contribution in [3.8, 4) is 11.5 Å². The van der Waals surface area contributed by atoms with Crippen LogP contribution in [-0.4, -0.2) is 22.6 Å². The van der Waals surface area contributed by atoms with Crippen LogP contribution in [0.4, 0.5) is 0 Å². The van der Waals surface area contributed by atoms with Crippen LogP contribution in [0.15, 0.2) is 71.5 Å². The zero-order valence-corrected chi connectivity index (χ0v) is 13.7. The number of carbonyl (C=O) groups excluding carboxylic acids is 1. The summed E-state index contributed by atoms with van der Waals surface area (Å²) in [6.07, 6.45) is 3.59. The second-order valence-electron chi connectivity index (χ2n) is 5.69. The van der Waals surface area contributed by atoms with E-state index in [-0.39, 0.29) is 5.97 Å². The zero-order valence-electron chi connectivity index (χ0n) is 13.7. The minimum atomic E-state index is -0.351. The van der Waals surface area contributed by atoms with Gasteiger partial charge in [-0.2, -0.15) is 0 Å². The molecule has 0 aliphatic heterocycles. The second kappa shape index (κ2) is 6.28. The molecule has 0 N–H and O–H groups in total. The molecule has 0 saturated heterocycles. The van der Waals surface area contributed by atoms with Gasteiger partial charge in [0.15, 0.2) is 0 Å². The van der Waals surface area contributed by atoms with Crippen molar-refractivity contribution in [1.29, 1.82) is 0 Å². The second-order valence-corrected chi connectivity index (χ2v) is 5.69. The van der Waals surface area contributed by atoms with Crippen molar-refractivity contribution >= 4 is 16.9 Å². The first-order chi connectivity index (χ1) is 12.3. The summed E-state index contributed by atoms with van der Waals surface area (Å²) in [5.41, 5.74) is 3.09. The molecule has 0 spiro atoms. The SMILES string of the molecule is COC(=O)c1cccc2ccn(Cc3coc(-c4ccccc4)n3)c12. The number of benzene rings is 2. The summed E-state index contributed by atoms with van der Waals surface area (Å²) in [6.45, 7) is 0.508. The van der Waals surface area contributed by atoms with Gasteiger partial charge in [0, 0.05) is 17.1 Å². The highest BCUT2D eigenvalue weighted by Gasteiger charge is 2.15. The summed E-state index contributed by atoms with van der Waals surface area (Å²) in [4.78, 5) is 16.6. The van der Waals surface area contributed by atoms with Gasteiger partial charge in [-0.1, -0.05) is 30.3 Å². The smallest absolute Gasteiger partial charge is 0.340 e. The predicted molar refractivity (Wildman–Crippen MR) is 94.3 cm³/mol. The Morgan fingerprint density at radius 1 is 1.12 bits per heavy atom. The number of ether oxygens (including phenoxy) is 1. The van der Waals surface area contributed by atoms with E-state index >= 15 is 0 Å². The van der Waals surface area contributed by atoms with Gasteiger partial charge in [0.1, 0.15) is 6.26 Å². The molecule has 4 rings (SSSR count). The van der Waals surface area contributed by atoms with Crippen LogP contribution < -0.4 is 0 Å². The lowest BCUT2D eigenvalue weighted by molar-refractivity contribution is 0.0602. The van der Waals surface area contributed by atoms with Crippen LogP contribution in [0.5, 0.6) is 0 Å². The fourth-order valence-corrected chi connectivity index (χ4v) is 2.94. The molecular formula is C20H16N2O3. The minimum absolute atomic E-state index is 0.351. The van der Waals surface area contributed by atoms with Gasteiger partial charge in [0.05, 0.1) is 30.4 Å². The first kappa shape index (κ1) is 15.2. The zero-order chi connectivity index (χ0) is 17.2. The van der Waals surface area contributed by atoms with Crippen LogP contribution in [0.3, 0.4) is 0 Å². The summed E-state index contributed by atoms with van der Waals surface area (Å²) in [5, 5.41) is 0.981. The largest absolute Gasteiger partial charge is 0.465 e. The number of para-hydroxylation sites is 1. The number of oxazole rings is 1. The Morgan fingerprint density at radius 2 is 1.96 bits per heavy atom. The van der Waals surface area contributed by atoms with Crippen molar-refractivity contribution in [3.63, 3.8) is 0 Å². The lowest BCUT2D eigenvalue weighted by atomic mass is 10.1. The Labute approximate surface area is 144 Å². The molecule has 2 aromatic heterocycles. The highest BCUT2D eigenvalue weighted by molar-refractivity contribution is 6.03. The molecule has 0 aliphatic carbocycles. The molecule has 0 radical (unpaired) electrons. The van der Waals surface area contributed by atoms with Gasteiger partial charge in [0.25, 0.3) is 0 Å². The number of nitrogens with zero attached hydrogens (tertiary/aromatic N) is 2. The van der Waals surface area contributed by atoms with Crippen LogP contribution in [0.1, 0.15) is 16.1 Å². The van der Waals surface area contributed by atoms with Gasteiger partial charge < -0.3 is 13.7 Å². The van der Waals surface area contributed by atoms with Crippen LogP contribution in [-0.2, 0) is 11.3 Å². The number of methoxy groups -OCH3 is 1. The molecule has 0 fully saturated rings. The molecule has 124 valence electrons. The summed E-state index contributed by atoms with van der Waals surface area (Å²) < 4.78 is 12.5. The van der Waals surface area contributed by atoms with E-state index in [1.54, 1.807) is 12.3 Å². The molecule has 0 saturated carbocycles. The summed E-state index contributed by atoms with van der Waals surface area (Å²) >= 11 is 0. The van der Waals surface area contributed by atoms with E-state index in [1.807, 2.05) is 59.3 Å². The normalized spacial score (nSPS) is 10.9. The molecule has 0 amide bonds. The Bertz CT molecular complexity index is 1030. The predicted octanol–water partition coefficient (Wildman–Crippen LogP) is 4.13. The summed E-state index contributed by atoms with van der Waals surface area (Å²) in [6, 6.07) is 17.3. The third kappa shape index (κ3) is 2.80. The summed E-state index contributed by atoms with van der Waals surface area (Å²) in [5.74, 6) is 0.232. The molecule has 25 heavy (non-hydrogen) atoms. The van der Waals surface area contributed by atoms with Crippen LogP contribution in [0, 0.1) is 0 Å². The van der Waals surface area contributed by atoms with Crippen LogP contribution in [0.25, 0.3) is 22.4 Å². The molecule has 4 aromatic rings.